The van der Waals surface area contributed by atoms with Gasteiger partial charge in [0.15, 0.2) is 6.54 Å². The number of carbonyl (C=O) groups excluding carboxylic acids is 1. The number of nitrogens with two attached hydrogens (primary N) is 1. The number of hydrogen-bond donors (Lipinski definition) is 2. The molecule has 6 nitrogen and oxygen atoms in total. The summed E-state index contributed by atoms with van der Waals surface area (Å²) in [5.74, 6) is -0.492. The molecule has 0 atom stereocenters. The van der Waals surface area contributed by atoms with Crippen LogP contribution in [-0.4, -0.2) is 51.4 Å². The van der Waals surface area contributed by atoms with Crippen LogP contribution in [0, 0.1) is 0 Å². The third-order valence-electron chi connectivity index (χ3n) is 3.73. The molecule has 0 unspecified atom stereocenters. The van der Waals surface area contributed by atoms with Gasteiger partial charge in [0.05, 0.1) is 41.7 Å². The van der Waals surface area contributed by atoms with E-state index in [0.29, 0.717) is 19.2 Å². The first-order chi connectivity index (χ1) is 11.0. The van der Waals surface area contributed by atoms with Crippen molar-refractivity contribution in [2.24, 2.45) is 5.73 Å². The van der Waals surface area contributed by atoms with Crippen molar-refractivity contribution in [2.45, 2.75) is 11.1 Å². The molecule has 0 aliphatic carbocycles. The van der Waals surface area contributed by atoms with Crippen molar-refractivity contribution in [2.75, 3.05) is 32.7 Å². The first-order valence-corrected chi connectivity index (χ1v) is 8.82. The number of sulfonamides is 1. The molecule has 0 saturated carbocycles. The van der Waals surface area contributed by atoms with E-state index >= 15 is 0 Å². The predicted molar refractivity (Wildman–Crippen MR) is 80.0 cm³/mol. The number of amides is 1. The summed E-state index contributed by atoms with van der Waals surface area (Å²) in [6.45, 7) is 0.973. The molecule has 24 heavy (non-hydrogen) atoms. The molecule has 1 aliphatic rings. The van der Waals surface area contributed by atoms with Crippen molar-refractivity contribution in [3.8, 4) is 0 Å². The van der Waals surface area contributed by atoms with Crippen LogP contribution >= 0.6 is 11.6 Å². The maximum Gasteiger partial charge on any atom is 0.417 e. The van der Waals surface area contributed by atoms with E-state index in [1.807, 2.05) is 0 Å². The minimum absolute atomic E-state index is 0.0903. The van der Waals surface area contributed by atoms with Crippen LogP contribution in [0.5, 0.6) is 0 Å². The van der Waals surface area contributed by atoms with Gasteiger partial charge < -0.3 is 10.6 Å². The zero-order valence-corrected chi connectivity index (χ0v) is 14.0. The molecule has 1 aromatic rings. The summed E-state index contributed by atoms with van der Waals surface area (Å²) in [6, 6.07) is 2.52. The highest BCUT2D eigenvalue weighted by Crippen LogP contribution is 2.36. The van der Waals surface area contributed by atoms with Gasteiger partial charge in [-0.05, 0) is 18.2 Å². The smallest absolute Gasteiger partial charge is 0.365 e. The lowest BCUT2D eigenvalue weighted by atomic mass is 10.2. The minimum atomic E-state index is -4.74. The second kappa shape index (κ2) is 6.87. The van der Waals surface area contributed by atoms with E-state index in [-0.39, 0.29) is 19.6 Å². The Bertz CT molecular complexity index is 732. The highest BCUT2D eigenvalue weighted by atomic mass is 35.5. The molecule has 0 aromatic heterocycles. The normalized spacial score (nSPS) is 17.8. The number of quaternary nitrogens is 1. The molecule has 1 fully saturated rings. The largest absolute Gasteiger partial charge is 0.417 e. The summed E-state index contributed by atoms with van der Waals surface area (Å²) in [4.78, 5) is 11.3. The number of carbonyl (C=O) groups is 1. The standard InChI is InChI=1S/C13H15ClF3N3O3S/c14-11-2-1-9(7-10(11)13(15,16)17)24(22,23)20-5-3-19(4-6-20)8-12(18)21/h1-2,7H,3-6,8H2,(H2,18,21)/p+1. The third kappa shape index (κ3) is 4.18. The van der Waals surface area contributed by atoms with Crippen molar-refractivity contribution in [1.82, 2.24) is 4.31 Å². The van der Waals surface area contributed by atoms with Crippen LogP contribution in [0.4, 0.5) is 13.2 Å². The van der Waals surface area contributed by atoms with E-state index in [1.165, 1.54) is 0 Å². The average molecular weight is 387 g/mol. The van der Waals surface area contributed by atoms with Crippen LogP contribution in [0.15, 0.2) is 23.1 Å². The maximum atomic E-state index is 12.9. The van der Waals surface area contributed by atoms with E-state index in [4.69, 9.17) is 17.3 Å². The Morgan fingerprint density at radius 2 is 1.88 bits per heavy atom. The van der Waals surface area contributed by atoms with Crippen molar-refractivity contribution >= 4 is 27.5 Å². The quantitative estimate of drug-likeness (QED) is 0.747. The summed E-state index contributed by atoms with van der Waals surface area (Å²) < 4.78 is 64.8. The summed E-state index contributed by atoms with van der Waals surface area (Å²) in [5, 5.41) is -0.558. The summed E-state index contributed by atoms with van der Waals surface area (Å²) in [6.07, 6.45) is -4.74. The van der Waals surface area contributed by atoms with Crippen molar-refractivity contribution in [3.05, 3.63) is 28.8 Å². The van der Waals surface area contributed by atoms with Gasteiger partial charge in [0.2, 0.25) is 10.0 Å². The fourth-order valence-electron chi connectivity index (χ4n) is 2.50. The SMILES string of the molecule is NC(=O)C[NH+]1CCN(S(=O)(=O)c2ccc(Cl)c(C(F)(F)F)c2)CC1. The molecule has 1 aromatic carbocycles. The fraction of sp³-hybridized carbons (Fsp3) is 0.462. The number of halogens is 4. The van der Waals surface area contributed by atoms with Gasteiger partial charge in [-0.15, -0.1) is 0 Å². The maximum absolute atomic E-state index is 12.9. The van der Waals surface area contributed by atoms with Crippen LogP contribution in [0.3, 0.4) is 0 Å². The minimum Gasteiger partial charge on any atom is -0.365 e. The van der Waals surface area contributed by atoms with Gasteiger partial charge in [0, 0.05) is 0 Å². The van der Waals surface area contributed by atoms with Crippen molar-refractivity contribution in [3.63, 3.8) is 0 Å². The molecule has 1 heterocycles. The van der Waals surface area contributed by atoms with E-state index in [1.54, 1.807) is 0 Å². The topological polar surface area (TPSA) is 84.9 Å². The lowest BCUT2D eigenvalue weighted by Gasteiger charge is -2.31. The number of rotatable bonds is 4. The first kappa shape index (κ1) is 19.0. The molecule has 0 radical (unpaired) electrons. The molecule has 1 saturated heterocycles. The van der Waals surface area contributed by atoms with Crippen LogP contribution in [0.2, 0.25) is 5.02 Å². The van der Waals surface area contributed by atoms with Gasteiger partial charge in [-0.25, -0.2) is 8.42 Å². The Morgan fingerprint density at radius 3 is 2.38 bits per heavy atom. The van der Waals surface area contributed by atoms with Crippen LogP contribution in [-0.2, 0) is 21.0 Å². The van der Waals surface area contributed by atoms with Gasteiger partial charge in [-0.3, -0.25) is 4.79 Å². The van der Waals surface area contributed by atoms with Gasteiger partial charge in [-0.2, -0.15) is 17.5 Å². The molecule has 1 aliphatic heterocycles. The van der Waals surface area contributed by atoms with Gasteiger partial charge >= 0.3 is 6.18 Å². The predicted octanol–water partition coefficient (Wildman–Crippen LogP) is -0.267. The van der Waals surface area contributed by atoms with Gasteiger partial charge in [0.1, 0.15) is 0 Å². The van der Waals surface area contributed by atoms with E-state index in [0.717, 1.165) is 21.3 Å². The summed E-state index contributed by atoms with van der Waals surface area (Å²) in [5.41, 5.74) is 3.90. The molecule has 134 valence electrons. The van der Waals surface area contributed by atoms with Gasteiger partial charge in [-0.1, -0.05) is 11.6 Å². The second-order valence-corrected chi connectivity index (χ2v) is 7.78. The summed E-state index contributed by atoms with van der Waals surface area (Å²) >= 11 is 5.51. The molecule has 0 spiro atoms. The lowest BCUT2D eigenvalue weighted by Crippen LogP contribution is -3.15. The van der Waals surface area contributed by atoms with Crippen molar-refractivity contribution < 1.29 is 31.3 Å². The Balaban J connectivity index is 2.21. The van der Waals surface area contributed by atoms with E-state index in [2.05, 4.69) is 0 Å². The van der Waals surface area contributed by atoms with Crippen molar-refractivity contribution in [1.29, 1.82) is 0 Å². The number of benzene rings is 1. The number of nitrogens with zero attached hydrogens (tertiary/aromatic N) is 1. The molecular formula is C13H16ClF3N3O3S+. The molecule has 1 amide bonds. The number of nitrogens with one attached hydrogen (secondary N) is 1. The lowest BCUT2D eigenvalue weighted by molar-refractivity contribution is -0.895. The molecular weight excluding hydrogens is 371 g/mol. The molecule has 2 rings (SSSR count). The molecule has 3 N–H and O–H groups in total. The number of hydrogen-bond acceptors (Lipinski definition) is 3. The Morgan fingerprint density at radius 1 is 1.29 bits per heavy atom. The Labute approximate surface area is 142 Å². The van der Waals surface area contributed by atoms with E-state index < -0.39 is 37.6 Å². The van der Waals surface area contributed by atoms with E-state index in [9.17, 15) is 26.4 Å². The third-order valence-corrected chi connectivity index (χ3v) is 5.96. The number of alkyl halides is 3. The van der Waals surface area contributed by atoms with Crippen LogP contribution in [0.1, 0.15) is 5.56 Å². The number of piperazine rings is 1. The highest BCUT2D eigenvalue weighted by Gasteiger charge is 2.36. The zero-order chi connectivity index (χ0) is 18.1. The number of primary amides is 1. The van der Waals surface area contributed by atoms with Crippen LogP contribution < -0.4 is 10.6 Å². The zero-order valence-electron chi connectivity index (χ0n) is 12.4. The Kier molecular flexibility index (Phi) is 5.43. The summed E-state index contributed by atoms with van der Waals surface area (Å²) in [7, 11) is -4.07. The second-order valence-electron chi connectivity index (χ2n) is 5.44. The highest BCUT2D eigenvalue weighted by molar-refractivity contribution is 7.89. The molecule has 0 bridgehead atoms. The average Bonchev–Trinajstić information content (AvgIpc) is 2.46. The first-order valence-electron chi connectivity index (χ1n) is 7.00. The van der Waals surface area contributed by atoms with Crippen LogP contribution in [0.25, 0.3) is 0 Å². The molecule has 11 heteroatoms. The monoisotopic (exact) mass is 386 g/mol. The van der Waals surface area contributed by atoms with Gasteiger partial charge in [0.25, 0.3) is 5.91 Å². The fourth-order valence-corrected chi connectivity index (χ4v) is 4.19. The Hall–Kier alpha value is -1.36.